The van der Waals surface area contributed by atoms with Gasteiger partial charge in [0.15, 0.2) is 5.55 Å². The Kier molecular flexibility index (Phi) is 7.71. The molecule has 5 heteroatoms. The number of hydrogen-bond donors (Lipinski definition) is 0. The molecule has 0 aliphatic rings. The van der Waals surface area contributed by atoms with Crippen molar-refractivity contribution in [3.63, 3.8) is 0 Å². The minimum absolute atomic E-state index is 0.982. The van der Waals surface area contributed by atoms with Crippen LogP contribution in [-0.4, -0.2) is 43.2 Å². The second-order valence-electron chi connectivity index (χ2n) is 2.81. The normalized spacial score (nSPS) is 16.1. The van der Waals surface area contributed by atoms with Crippen LogP contribution in [0.5, 0.6) is 0 Å². The van der Waals surface area contributed by atoms with Crippen molar-refractivity contribution in [3.8, 4) is 0 Å². The third-order valence-corrected chi connectivity index (χ3v) is 9.69. The lowest BCUT2D eigenvalue weighted by Crippen LogP contribution is -2.25. The minimum Gasteiger partial charge on any atom is -0.303 e. The first-order chi connectivity index (χ1) is 6.05. The second kappa shape index (κ2) is 7.22. The van der Waals surface area contributed by atoms with Crippen molar-refractivity contribution in [3.05, 3.63) is 0 Å². The molecule has 0 aromatic carbocycles. The summed E-state index contributed by atoms with van der Waals surface area (Å²) in [5, 5.41) is 0. The smallest absolute Gasteiger partial charge is 0.187 e. The molecule has 0 spiro atoms. The first-order valence-electron chi connectivity index (χ1n) is 4.55. The Morgan fingerprint density at radius 3 is 2.23 bits per heavy atom. The van der Waals surface area contributed by atoms with Gasteiger partial charge in [0.25, 0.3) is 0 Å². The Balaban J connectivity index is 3.60. The molecule has 2 nitrogen and oxygen atoms in total. The molecule has 0 aromatic rings. The van der Waals surface area contributed by atoms with Crippen molar-refractivity contribution in [1.82, 2.24) is 4.90 Å². The van der Waals surface area contributed by atoms with Crippen molar-refractivity contribution in [2.75, 3.05) is 38.3 Å². The van der Waals surface area contributed by atoms with E-state index in [1.807, 2.05) is 12.9 Å². The first-order valence-corrected chi connectivity index (χ1v) is 10.1. The molecule has 0 aliphatic heterocycles. The average Bonchev–Trinajstić information content (AvgIpc) is 2.12. The Morgan fingerprint density at radius 1 is 1.31 bits per heavy atom. The van der Waals surface area contributed by atoms with E-state index in [0.29, 0.717) is 0 Å². The lowest BCUT2D eigenvalue weighted by Gasteiger charge is -2.18. The highest BCUT2D eigenvalue weighted by Gasteiger charge is 2.13. The van der Waals surface area contributed by atoms with E-state index in [4.69, 9.17) is 0 Å². The Bertz CT molecular complexity index is 174. The molecular formula is C8H20NOPS2. The minimum atomic E-state index is -1.94. The van der Waals surface area contributed by atoms with Gasteiger partial charge in [0.05, 0.1) is 0 Å². The molecular weight excluding hydrogens is 221 g/mol. The van der Waals surface area contributed by atoms with Gasteiger partial charge in [0.1, 0.15) is 0 Å². The van der Waals surface area contributed by atoms with Crippen molar-refractivity contribution < 1.29 is 4.57 Å². The van der Waals surface area contributed by atoms with Crippen LogP contribution in [0.4, 0.5) is 0 Å². The predicted molar refractivity (Wildman–Crippen MR) is 67.3 cm³/mol. The van der Waals surface area contributed by atoms with Crippen molar-refractivity contribution in [2.24, 2.45) is 0 Å². The fraction of sp³-hybridized carbons (Fsp3) is 1.00. The molecule has 0 N–H and O–H groups in total. The van der Waals surface area contributed by atoms with Crippen LogP contribution in [0.3, 0.4) is 0 Å². The molecule has 0 radical (unpaired) electrons. The molecule has 0 rings (SSSR count). The van der Waals surface area contributed by atoms with Gasteiger partial charge >= 0.3 is 0 Å². The maximum Gasteiger partial charge on any atom is 0.187 e. The summed E-state index contributed by atoms with van der Waals surface area (Å²) < 4.78 is 11.6. The van der Waals surface area contributed by atoms with Gasteiger partial charge in [-0.15, -0.1) is 0 Å². The van der Waals surface area contributed by atoms with Gasteiger partial charge < -0.3 is 9.46 Å². The third-order valence-electron chi connectivity index (χ3n) is 1.96. The zero-order chi connectivity index (χ0) is 10.3. The van der Waals surface area contributed by atoms with Crippen LogP contribution in [0, 0.1) is 0 Å². The predicted octanol–water partition coefficient (Wildman–Crippen LogP) is 3.25. The summed E-state index contributed by atoms with van der Waals surface area (Å²) in [6, 6.07) is 0. The highest BCUT2D eigenvalue weighted by atomic mass is 33.1. The van der Waals surface area contributed by atoms with Crippen LogP contribution in [0.1, 0.15) is 13.8 Å². The van der Waals surface area contributed by atoms with E-state index >= 15 is 0 Å². The van der Waals surface area contributed by atoms with Crippen LogP contribution in [-0.2, 0) is 4.57 Å². The van der Waals surface area contributed by atoms with E-state index in [9.17, 15) is 4.57 Å². The molecule has 0 aliphatic carbocycles. The van der Waals surface area contributed by atoms with E-state index in [1.54, 1.807) is 11.4 Å². The summed E-state index contributed by atoms with van der Waals surface area (Å²) in [6.45, 7) is 9.40. The van der Waals surface area contributed by atoms with Crippen LogP contribution < -0.4 is 0 Å². The third kappa shape index (κ3) is 6.89. The molecule has 0 saturated carbocycles. The van der Waals surface area contributed by atoms with Gasteiger partial charge in [-0.25, -0.2) is 0 Å². The number of nitrogens with zero attached hydrogens (tertiary/aromatic N) is 1. The quantitative estimate of drug-likeness (QED) is 0.637. The van der Waals surface area contributed by atoms with Gasteiger partial charge in [-0.3, -0.25) is 0 Å². The van der Waals surface area contributed by atoms with Crippen molar-refractivity contribution >= 4 is 28.3 Å². The largest absolute Gasteiger partial charge is 0.303 e. The van der Waals surface area contributed by atoms with Crippen LogP contribution in [0.15, 0.2) is 0 Å². The molecule has 0 saturated heterocycles. The van der Waals surface area contributed by atoms with E-state index < -0.39 is 5.55 Å². The topological polar surface area (TPSA) is 20.3 Å². The molecule has 0 bridgehead atoms. The maximum atomic E-state index is 11.6. The molecule has 0 aromatic heterocycles. The van der Waals surface area contributed by atoms with Gasteiger partial charge in [-0.1, -0.05) is 36.6 Å². The first kappa shape index (κ1) is 13.9. The van der Waals surface area contributed by atoms with E-state index in [1.165, 1.54) is 11.4 Å². The fourth-order valence-corrected chi connectivity index (χ4v) is 4.88. The number of hydrogen-bond acceptors (Lipinski definition) is 4. The summed E-state index contributed by atoms with van der Waals surface area (Å²) in [5.41, 5.74) is -1.94. The summed E-state index contributed by atoms with van der Waals surface area (Å²) in [6.07, 6.45) is 1.92. The monoisotopic (exact) mass is 241 g/mol. The van der Waals surface area contributed by atoms with Gasteiger partial charge in [0, 0.05) is 19.0 Å². The average molecular weight is 241 g/mol. The van der Waals surface area contributed by atoms with Crippen molar-refractivity contribution in [1.29, 1.82) is 0 Å². The van der Waals surface area contributed by atoms with E-state index in [0.717, 1.165) is 25.4 Å². The zero-order valence-electron chi connectivity index (χ0n) is 8.95. The molecule has 80 valence electrons. The number of rotatable bonds is 7. The summed E-state index contributed by atoms with van der Waals surface area (Å²) in [7, 11) is 0. The van der Waals surface area contributed by atoms with E-state index in [2.05, 4.69) is 18.7 Å². The van der Waals surface area contributed by atoms with Gasteiger partial charge in [-0.2, -0.15) is 0 Å². The lowest BCUT2D eigenvalue weighted by atomic mass is 10.5. The van der Waals surface area contributed by atoms with Crippen LogP contribution in [0.25, 0.3) is 0 Å². The second-order valence-corrected chi connectivity index (χ2v) is 12.1. The summed E-state index contributed by atoms with van der Waals surface area (Å²) in [5.74, 6) is 0.982. The fourth-order valence-electron chi connectivity index (χ4n) is 0.928. The Labute approximate surface area is 90.1 Å². The maximum absolute atomic E-state index is 11.6. The highest BCUT2D eigenvalue weighted by molar-refractivity contribution is 8.90. The standard InChI is InChI=1S/C8H20NOPS2/c1-5-9(6-2)7-8-13-11(3,10)12-4/h5-8H2,1-4H3. The van der Waals surface area contributed by atoms with Gasteiger partial charge in [-0.05, 0) is 19.3 Å². The zero-order valence-corrected chi connectivity index (χ0v) is 11.5. The van der Waals surface area contributed by atoms with Crippen LogP contribution in [0.2, 0.25) is 0 Å². The summed E-state index contributed by atoms with van der Waals surface area (Å²) in [4.78, 5) is 2.35. The van der Waals surface area contributed by atoms with Crippen LogP contribution >= 0.6 is 28.3 Å². The SMILES string of the molecule is CCN(CC)CCSP(C)(=O)SC. The molecule has 0 heterocycles. The Hall–Kier alpha value is 0.890. The Morgan fingerprint density at radius 2 is 1.85 bits per heavy atom. The lowest BCUT2D eigenvalue weighted by molar-refractivity contribution is 0.324. The van der Waals surface area contributed by atoms with E-state index in [-0.39, 0.29) is 0 Å². The van der Waals surface area contributed by atoms with Crippen molar-refractivity contribution in [2.45, 2.75) is 13.8 Å². The summed E-state index contributed by atoms with van der Waals surface area (Å²) >= 11 is 3.11. The molecule has 1 unspecified atom stereocenters. The molecule has 13 heavy (non-hydrogen) atoms. The highest BCUT2D eigenvalue weighted by Crippen LogP contribution is 2.64. The molecule has 0 amide bonds. The van der Waals surface area contributed by atoms with Gasteiger partial charge in [0.2, 0.25) is 0 Å². The molecule has 1 atom stereocenters. The molecule has 0 fully saturated rings.